The first-order valence-corrected chi connectivity index (χ1v) is 6.22. The van der Waals surface area contributed by atoms with E-state index in [0.717, 1.165) is 10.1 Å². The molecule has 6 nitrogen and oxygen atoms in total. The summed E-state index contributed by atoms with van der Waals surface area (Å²) in [5.74, 6) is -0.885. The molecule has 19 heavy (non-hydrogen) atoms. The lowest BCUT2D eigenvalue weighted by Gasteiger charge is -2.12. The number of fused-ring (bicyclic) bond motifs is 1. The van der Waals surface area contributed by atoms with Crippen LogP contribution in [0.1, 0.15) is 17.4 Å². The average Bonchev–Trinajstić information content (AvgIpc) is 2.80. The SMILES string of the molecule is NC(=O)OC(CC(=O)N=O)c1cc2ccccc2s1. The van der Waals surface area contributed by atoms with E-state index >= 15 is 0 Å². The molecule has 1 aromatic carbocycles. The van der Waals surface area contributed by atoms with E-state index in [-0.39, 0.29) is 6.42 Å². The fourth-order valence-electron chi connectivity index (χ4n) is 1.70. The largest absolute Gasteiger partial charge is 0.440 e. The van der Waals surface area contributed by atoms with Crippen LogP contribution in [0.2, 0.25) is 0 Å². The second-order valence-corrected chi connectivity index (χ2v) is 4.92. The second kappa shape index (κ2) is 5.57. The van der Waals surface area contributed by atoms with Crippen molar-refractivity contribution in [3.05, 3.63) is 40.1 Å². The van der Waals surface area contributed by atoms with Gasteiger partial charge in [0.1, 0.15) is 6.10 Å². The van der Waals surface area contributed by atoms with Gasteiger partial charge in [-0.05, 0) is 17.5 Å². The predicted molar refractivity (Wildman–Crippen MR) is 70.7 cm³/mol. The van der Waals surface area contributed by atoms with Gasteiger partial charge in [0.05, 0.1) is 6.42 Å². The highest BCUT2D eigenvalue weighted by Crippen LogP contribution is 2.33. The van der Waals surface area contributed by atoms with E-state index in [9.17, 15) is 14.5 Å². The number of carbonyl (C=O) groups is 2. The van der Waals surface area contributed by atoms with Gasteiger partial charge in [0.2, 0.25) is 0 Å². The third kappa shape index (κ3) is 3.14. The van der Waals surface area contributed by atoms with Crippen LogP contribution < -0.4 is 5.73 Å². The topological polar surface area (TPSA) is 98.8 Å². The number of carbonyl (C=O) groups excluding carboxylic acids is 2. The number of primary amides is 1. The number of thiophene rings is 1. The van der Waals surface area contributed by atoms with Crippen molar-refractivity contribution >= 4 is 33.4 Å². The zero-order chi connectivity index (χ0) is 13.8. The molecule has 0 spiro atoms. The molecule has 0 bridgehead atoms. The predicted octanol–water partition coefficient (Wildman–Crippen LogP) is 2.72. The van der Waals surface area contributed by atoms with Gasteiger partial charge in [-0.3, -0.25) is 4.79 Å². The van der Waals surface area contributed by atoms with Gasteiger partial charge >= 0.3 is 6.09 Å². The van der Waals surface area contributed by atoms with Crippen LogP contribution in [-0.2, 0) is 9.53 Å². The average molecular weight is 278 g/mol. The Morgan fingerprint density at radius 3 is 2.74 bits per heavy atom. The molecule has 0 saturated heterocycles. The summed E-state index contributed by atoms with van der Waals surface area (Å²) < 4.78 is 5.86. The number of benzene rings is 1. The van der Waals surface area contributed by atoms with Gasteiger partial charge in [0.25, 0.3) is 5.91 Å². The highest BCUT2D eigenvalue weighted by molar-refractivity contribution is 7.19. The molecule has 7 heteroatoms. The molecule has 98 valence electrons. The third-order valence-corrected chi connectivity index (χ3v) is 3.69. The molecule has 0 fully saturated rings. The summed E-state index contributed by atoms with van der Waals surface area (Å²) in [7, 11) is 0. The van der Waals surface area contributed by atoms with Gasteiger partial charge in [0.15, 0.2) is 0 Å². The van der Waals surface area contributed by atoms with Gasteiger partial charge in [-0.2, -0.15) is 0 Å². The third-order valence-electron chi connectivity index (χ3n) is 2.48. The van der Waals surface area contributed by atoms with Crippen LogP contribution in [0.4, 0.5) is 4.79 Å². The summed E-state index contributed by atoms with van der Waals surface area (Å²) >= 11 is 1.37. The van der Waals surface area contributed by atoms with Crippen LogP contribution in [0.25, 0.3) is 10.1 Å². The van der Waals surface area contributed by atoms with Crippen LogP contribution in [-0.4, -0.2) is 12.0 Å². The number of hydrogen-bond donors (Lipinski definition) is 1. The number of nitrogens with two attached hydrogens (primary N) is 1. The summed E-state index contributed by atoms with van der Waals surface area (Å²) in [5, 5.41) is 3.26. The monoisotopic (exact) mass is 278 g/mol. The first-order chi connectivity index (χ1) is 9.10. The number of hydrogen-bond acceptors (Lipinski definition) is 5. The Morgan fingerprint density at radius 2 is 2.11 bits per heavy atom. The zero-order valence-corrected chi connectivity index (χ0v) is 10.6. The zero-order valence-electron chi connectivity index (χ0n) is 9.74. The van der Waals surface area contributed by atoms with Gasteiger partial charge < -0.3 is 10.5 Å². The Morgan fingerprint density at radius 1 is 1.37 bits per heavy atom. The molecule has 0 aliphatic rings. The molecule has 1 heterocycles. The first kappa shape index (κ1) is 13.2. The van der Waals surface area contributed by atoms with Crippen molar-refractivity contribution in [2.75, 3.05) is 0 Å². The molecule has 1 atom stereocenters. The summed E-state index contributed by atoms with van der Waals surface area (Å²) in [6.07, 6.45) is -2.18. The van der Waals surface area contributed by atoms with E-state index in [0.29, 0.717) is 4.88 Å². The maximum Gasteiger partial charge on any atom is 0.405 e. The summed E-state index contributed by atoms with van der Waals surface area (Å²) in [5.41, 5.74) is 4.97. The van der Waals surface area contributed by atoms with E-state index in [4.69, 9.17) is 10.5 Å². The van der Waals surface area contributed by atoms with Gasteiger partial charge in [-0.15, -0.1) is 16.2 Å². The minimum atomic E-state index is -0.999. The highest BCUT2D eigenvalue weighted by Gasteiger charge is 2.22. The molecule has 1 aromatic heterocycles. The molecule has 2 rings (SSSR count). The molecule has 1 unspecified atom stereocenters. The number of nitroso groups, excluding NO2 is 1. The smallest absolute Gasteiger partial charge is 0.405 e. The number of rotatable bonds is 4. The van der Waals surface area contributed by atoms with Gasteiger partial charge in [-0.25, -0.2) is 4.79 Å². The van der Waals surface area contributed by atoms with Crippen LogP contribution in [0.15, 0.2) is 35.5 Å². The van der Waals surface area contributed by atoms with Gasteiger partial charge in [-0.1, -0.05) is 18.2 Å². The minimum absolute atomic E-state index is 0.306. The van der Waals surface area contributed by atoms with Crippen molar-refractivity contribution < 1.29 is 14.3 Å². The van der Waals surface area contributed by atoms with Crippen LogP contribution in [0.3, 0.4) is 0 Å². The maximum atomic E-state index is 11.1. The van der Waals surface area contributed by atoms with E-state index in [1.54, 1.807) is 6.07 Å². The number of ether oxygens (including phenoxy) is 1. The van der Waals surface area contributed by atoms with Crippen molar-refractivity contribution in [3.63, 3.8) is 0 Å². The Labute approximate surface area is 112 Å². The molecule has 2 amide bonds. The molecule has 0 aliphatic carbocycles. The molecular weight excluding hydrogens is 268 g/mol. The van der Waals surface area contributed by atoms with E-state index < -0.39 is 18.1 Å². The molecular formula is C12H10N2O4S. The van der Waals surface area contributed by atoms with Crippen molar-refractivity contribution in [1.82, 2.24) is 0 Å². The first-order valence-electron chi connectivity index (χ1n) is 5.41. The van der Waals surface area contributed by atoms with Crippen LogP contribution in [0.5, 0.6) is 0 Å². The number of nitrogens with zero attached hydrogens (tertiary/aromatic N) is 1. The number of amides is 2. The molecule has 2 N–H and O–H groups in total. The minimum Gasteiger partial charge on any atom is -0.440 e. The molecule has 2 aromatic rings. The molecule has 0 saturated carbocycles. The lowest BCUT2D eigenvalue weighted by atomic mass is 10.2. The van der Waals surface area contributed by atoms with E-state index in [2.05, 4.69) is 5.18 Å². The Balaban J connectivity index is 2.32. The summed E-state index contributed by atoms with van der Waals surface area (Å²) in [4.78, 5) is 32.7. The van der Waals surface area contributed by atoms with Crippen molar-refractivity contribution in [3.8, 4) is 0 Å². The standard InChI is InChI=1S/C12H10N2O4S/c13-12(16)18-8(6-11(15)14-17)10-5-7-3-1-2-4-9(7)19-10/h1-5,8H,6H2,(H2,13,16). The van der Waals surface area contributed by atoms with Crippen molar-refractivity contribution in [2.45, 2.75) is 12.5 Å². The molecule has 0 radical (unpaired) electrons. The highest BCUT2D eigenvalue weighted by atomic mass is 32.1. The lowest BCUT2D eigenvalue weighted by molar-refractivity contribution is -0.119. The maximum absolute atomic E-state index is 11.1. The van der Waals surface area contributed by atoms with Crippen molar-refractivity contribution in [2.24, 2.45) is 10.9 Å². The van der Waals surface area contributed by atoms with Crippen LogP contribution in [0, 0.1) is 4.91 Å². The normalized spacial score (nSPS) is 12.0. The van der Waals surface area contributed by atoms with Crippen LogP contribution >= 0.6 is 11.3 Å². The van der Waals surface area contributed by atoms with E-state index in [1.165, 1.54) is 11.3 Å². The summed E-state index contributed by atoms with van der Waals surface area (Å²) in [6, 6.07) is 9.36. The molecule has 0 aliphatic heterocycles. The van der Waals surface area contributed by atoms with Crippen molar-refractivity contribution in [1.29, 1.82) is 0 Å². The Bertz CT molecular complexity index is 604. The van der Waals surface area contributed by atoms with E-state index in [1.807, 2.05) is 24.3 Å². The lowest BCUT2D eigenvalue weighted by Crippen LogP contribution is -2.18. The fourth-order valence-corrected chi connectivity index (χ4v) is 2.79. The van der Waals surface area contributed by atoms with Gasteiger partial charge in [0, 0.05) is 14.8 Å². The Kier molecular flexibility index (Phi) is 3.86. The Hall–Kier alpha value is -2.28. The quantitative estimate of drug-likeness (QED) is 0.869. The fraction of sp³-hybridized carbons (Fsp3) is 0.167. The summed E-state index contributed by atoms with van der Waals surface area (Å²) in [6.45, 7) is 0. The second-order valence-electron chi connectivity index (χ2n) is 3.80.